The van der Waals surface area contributed by atoms with Crippen LogP contribution in [-0.2, 0) is 14.1 Å². The molecule has 0 radical (unpaired) electrons. The minimum atomic E-state index is -0.110. The van der Waals surface area contributed by atoms with Gasteiger partial charge in [0.1, 0.15) is 17.1 Å². The Labute approximate surface area is 134 Å². The fourth-order valence-corrected chi connectivity index (χ4v) is 2.25. The number of phenolic OH excluding ortho intramolecular Hbond substituents is 1. The smallest absolute Gasteiger partial charge is 0.498 e. The first-order valence-corrected chi connectivity index (χ1v) is 7.08. The first-order valence-electron chi connectivity index (χ1n) is 7.08. The highest BCUT2D eigenvalue weighted by molar-refractivity contribution is 5.72. The van der Waals surface area contributed by atoms with Crippen molar-refractivity contribution in [3.8, 4) is 17.2 Å². The van der Waals surface area contributed by atoms with Gasteiger partial charge in [0.25, 0.3) is 0 Å². The molecule has 2 aromatic rings. The molecule has 6 nitrogen and oxygen atoms in total. The van der Waals surface area contributed by atoms with E-state index in [1.165, 1.54) is 20.3 Å². The van der Waals surface area contributed by atoms with E-state index in [0.717, 1.165) is 11.4 Å². The first-order chi connectivity index (χ1) is 10.9. The van der Waals surface area contributed by atoms with Crippen LogP contribution in [0.15, 0.2) is 23.0 Å². The molecule has 0 aliphatic rings. The van der Waals surface area contributed by atoms with Crippen molar-refractivity contribution in [2.24, 2.45) is 14.1 Å². The van der Waals surface area contributed by atoms with Crippen LogP contribution in [0, 0.1) is 6.92 Å². The summed E-state index contributed by atoms with van der Waals surface area (Å²) in [7, 11) is 6.48. The predicted molar refractivity (Wildman–Crippen MR) is 87.7 cm³/mol. The highest BCUT2D eigenvalue weighted by Gasteiger charge is 2.12. The molecule has 0 amide bonds. The van der Waals surface area contributed by atoms with Gasteiger partial charge in [-0.15, -0.1) is 0 Å². The standard InChI is InChI=1S/C17H20N2O4/c1-11-8-13(19(3)17(21)18(11)2)7-6-12-9-15(22-4)16(23-5)10-14(12)20/h6-10H,1-5H3/p+1. The number of nitrogens with zero attached hydrogens (tertiary/aromatic N) is 2. The molecule has 1 aromatic heterocycles. The van der Waals surface area contributed by atoms with Crippen LogP contribution in [0.5, 0.6) is 17.2 Å². The normalized spacial score (nSPS) is 11.0. The van der Waals surface area contributed by atoms with Crippen LogP contribution in [0.1, 0.15) is 17.0 Å². The number of aromatic nitrogens is 2. The average molecular weight is 317 g/mol. The zero-order chi connectivity index (χ0) is 17.1. The van der Waals surface area contributed by atoms with E-state index in [1.54, 1.807) is 41.4 Å². The fourth-order valence-electron chi connectivity index (χ4n) is 2.25. The number of aryl methyl sites for hydroxylation is 1. The highest BCUT2D eigenvalue weighted by Crippen LogP contribution is 2.34. The Bertz CT molecular complexity index is 822. The van der Waals surface area contributed by atoms with Crippen molar-refractivity contribution in [1.82, 2.24) is 4.57 Å². The Kier molecular flexibility index (Phi) is 4.74. The monoisotopic (exact) mass is 317 g/mol. The molecule has 0 spiro atoms. The Morgan fingerprint density at radius 1 is 1.13 bits per heavy atom. The zero-order valence-corrected chi connectivity index (χ0v) is 14.0. The molecule has 1 N–H and O–H groups in total. The highest BCUT2D eigenvalue weighted by atomic mass is 16.5. The summed E-state index contributed by atoms with van der Waals surface area (Å²) < 4.78 is 13.5. The predicted octanol–water partition coefficient (Wildman–Crippen LogP) is 1.41. The molecule has 23 heavy (non-hydrogen) atoms. The SMILES string of the molecule is COc1cc(O)c(C=Cc2cc(C)n(C)c(=O)[n+]2C)cc1OC. The van der Waals surface area contributed by atoms with Gasteiger partial charge in [-0.1, -0.05) is 0 Å². The number of rotatable bonds is 4. The second-order valence-corrected chi connectivity index (χ2v) is 5.21. The van der Waals surface area contributed by atoms with Gasteiger partial charge in [-0.2, -0.15) is 13.9 Å². The molecule has 0 aliphatic carbocycles. The molecule has 0 atom stereocenters. The third-order valence-corrected chi connectivity index (χ3v) is 3.81. The van der Waals surface area contributed by atoms with Gasteiger partial charge >= 0.3 is 5.69 Å². The number of benzene rings is 1. The molecule has 0 saturated carbocycles. The summed E-state index contributed by atoms with van der Waals surface area (Å²) in [5, 5.41) is 10.1. The second-order valence-electron chi connectivity index (χ2n) is 5.21. The zero-order valence-electron chi connectivity index (χ0n) is 14.0. The maximum atomic E-state index is 12.1. The Hall–Kier alpha value is -2.76. The number of ether oxygens (including phenoxy) is 2. The maximum absolute atomic E-state index is 12.1. The number of hydrogen-bond donors (Lipinski definition) is 1. The molecule has 0 bridgehead atoms. The second kappa shape index (κ2) is 6.56. The Morgan fingerprint density at radius 2 is 1.74 bits per heavy atom. The van der Waals surface area contributed by atoms with Gasteiger partial charge < -0.3 is 14.6 Å². The van der Waals surface area contributed by atoms with E-state index in [2.05, 4.69) is 0 Å². The van der Waals surface area contributed by atoms with E-state index in [-0.39, 0.29) is 11.4 Å². The summed E-state index contributed by atoms with van der Waals surface area (Å²) >= 11 is 0. The van der Waals surface area contributed by atoms with E-state index < -0.39 is 0 Å². The maximum Gasteiger partial charge on any atom is 0.498 e. The van der Waals surface area contributed by atoms with Gasteiger partial charge in [0.15, 0.2) is 11.5 Å². The summed E-state index contributed by atoms with van der Waals surface area (Å²) in [5.74, 6) is 1.05. The molecule has 0 aliphatic heterocycles. The van der Waals surface area contributed by atoms with Gasteiger partial charge in [-0.25, -0.2) is 0 Å². The molecule has 0 saturated heterocycles. The van der Waals surface area contributed by atoms with Crippen LogP contribution >= 0.6 is 0 Å². The van der Waals surface area contributed by atoms with Crippen molar-refractivity contribution in [3.05, 3.63) is 45.6 Å². The van der Waals surface area contributed by atoms with Crippen molar-refractivity contribution >= 4 is 12.2 Å². The minimum absolute atomic E-state index is 0.0714. The van der Waals surface area contributed by atoms with E-state index in [0.29, 0.717) is 17.1 Å². The van der Waals surface area contributed by atoms with Crippen LogP contribution in [0.25, 0.3) is 12.2 Å². The lowest BCUT2D eigenvalue weighted by Gasteiger charge is -2.09. The molecule has 122 valence electrons. The Balaban J connectivity index is 2.47. The van der Waals surface area contributed by atoms with E-state index in [9.17, 15) is 9.90 Å². The van der Waals surface area contributed by atoms with Crippen LogP contribution in [0.3, 0.4) is 0 Å². The minimum Gasteiger partial charge on any atom is -0.507 e. The van der Waals surface area contributed by atoms with Crippen LogP contribution < -0.4 is 19.7 Å². The lowest BCUT2D eigenvalue weighted by Crippen LogP contribution is -2.53. The Morgan fingerprint density at radius 3 is 2.35 bits per heavy atom. The van der Waals surface area contributed by atoms with Crippen LogP contribution in [0.4, 0.5) is 0 Å². The van der Waals surface area contributed by atoms with E-state index >= 15 is 0 Å². The van der Waals surface area contributed by atoms with Crippen molar-refractivity contribution < 1.29 is 19.1 Å². The fraction of sp³-hybridized carbons (Fsp3) is 0.294. The van der Waals surface area contributed by atoms with Gasteiger partial charge in [0.05, 0.1) is 28.3 Å². The quantitative estimate of drug-likeness (QED) is 0.866. The first kappa shape index (κ1) is 16.6. The lowest BCUT2D eigenvalue weighted by molar-refractivity contribution is -0.692. The third kappa shape index (κ3) is 3.21. The molecule has 1 heterocycles. The third-order valence-electron chi connectivity index (χ3n) is 3.81. The number of aromatic hydroxyl groups is 1. The molecule has 6 heteroatoms. The van der Waals surface area contributed by atoms with Gasteiger partial charge in [0, 0.05) is 17.7 Å². The van der Waals surface area contributed by atoms with Crippen molar-refractivity contribution in [1.29, 1.82) is 0 Å². The van der Waals surface area contributed by atoms with E-state index in [4.69, 9.17) is 9.47 Å². The van der Waals surface area contributed by atoms with Crippen LogP contribution in [-0.4, -0.2) is 23.9 Å². The molecular weight excluding hydrogens is 296 g/mol. The van der Waals surface area contributed by atoms with Crippen molar-refractivity contribution in [2.45, 2.75) is 6.92 Å². The molecular formula is C17H21N2O4+. The van der Waals surface area contributed by atoms with Gasteiger partial charge in [-0.05, 0) is 25.1 Å². The summed E-state index contributed by atoms with van der Waals surface area (Å²) in [5.41, 5.74) is 2.05. The largest absolute Gasteiger partial charge is 0.507 e. The summed E-state index contributed by atoms with van der Waals surface area (Å²) in [6, 6.07) is 5.07. The average Bonchev–Trinajstić information content (AvgIpc) is 2.55. The molecule has 1 aromatic carbocycles. The lowest BCUT2D eigenvalue weighted by atomic mass is 10.1. The van der Waals surface area contributed by atoms with Crippen molar-refractivity contribution in [2.75, 3.05) is 14.2 Å². The van der Waals surface area contributed by atoms with E-state index in [1.807, 2.05) is 13.0 Å². The van der Waals surface area contributed by atoms with Crippen molar-refractivity contribution in [3.63, 3.8) is 0 Å². The number of hydrogen-bond acceptors (Lipinski definition) is 4. The van der Waals surface area contributed by atoms with Crippen LogP contribution in [0.2, 0.25) is 0 Å². The summed E-state index contributed by atoms with van der Waals surface area (Å²) in [4.78, 5) is 12.1. The molecule has 0 fully saturated rings. The van der Waals surface area contributed by atoms with Gasteiger partial charge in [-0.3, -0.25) is 0 Å². The number of methoxy groups -OCH3 is 2. The molecule has 2 rings (SSSR count). The molecule has 0 unspecified atom stereocenters. The summed E-state index contributed by atoms with van der Waals surface area (Å²) in [6.07, 6.45) is 3.50. The topological polar surface area (TPSA) is 64.6 Å². The van der Waals surface area contributed by atoms with Gasteiger partial charge in [0.2, 0.25) is 0 Å². The number of phenols is 1. The summed E-state index contributed by atoms with van der Waals surface area (Å²) in [6.45, 7) is 1.87.